The molecule has 2 heterocycles. The number of anilines is 1. The zero-order valence-corrected chi connectivity index (χ0v) is 20.4. The summed E-state index contributed by atoms with van der Waals surface area (Å²) in [5.41, 5.74) is 4.66. The van der Waals surface area contributed by atoms with Crippen LogP contribution in [0, 0.1) is 11.3 Å². The zero-order valence-electron chi connectivity index (χ0n) is 18.8. The Labute approximate surface area is 198 Å². The van der Waals surface area contributed by atoms with Crippen molar-refractivity contribution in [1.29, 1.82) is 0 Å². The first-order valence-electron chi connectivity index (χ1n) is 11.3. The second-order valence-corrected chi connectivity index (χ2v) is 10.8. The van der Waals surface area contributed by atoms with Gasteiger partial charge in [-0.15, -0.1) is 0 Å². The maximum atomic E-state index is 4.74. The molecule has 4 aromatic rings. The van der Waals surface area contributed by atoms with Gasteiger partial charge in [-0.3, -0.25) is 0 Å². The van der Waals surface area contributed by atoms with Gasteiger partial charge in [-0.25, -0.2) is 9.97 Å². The highest BCUT2D eigenvalue weighted by Gasteiger charge is 2.32. The van der Waals surface area contributed by atoms with Crippen molar-refractivity contribution in [2.75, 3.05) is 5.32 Å². The number of nitrogens with one attached hydrogen (secondary N) is 1. The van der Waals surface area contributed by atoms with E-state index in [-0.39, 0.29) is 0 Å². The third-order valence-corrected chi connectivity index (χ3v) is 7.03. The number of hydrogen-bond donors (Lipinski definition) is 1. The van der Waals surface area contributed by atoms with Crippen molar-refractivity contribution in [3.8, 4) is 16.8 Å². The van der Waals surface area contributed by atoms with E-state index in [4.69, 9.17) is 9.97 Å². The lowest BCUT2D eigenvalue weighted by Crippen LogP contribution is -2.35. The summed E-state index contributed by atoms with van der Waals surface area (Å²) in [6, 6.07) is 19.3. The van der Waals surface area contributed by atoms with E-state index in [0.717, 1.165) is 39.0 Å². The average Bonchev–Trinajstić information content (AvgIpc) is 3.14. The Hall–Kier alpha value is -2.66. The second-order valence-electron chi connectivity index (χ2n) is 9.93. The lowest BCUT2D eigenvalue weighted by Gasteiger charge is -2.39. The molecule has 2 aromatic heterocycles. The number of hydrogen-bond acceptors (Lipinski definition) is 3. The van der Waals surface area contributed by atoms with Gasteiger partial charge in [0.25, 0.3) is 0 Å². The summed E-state index contributed by atoms with van der Waals surface area (Å²) in [4.78, 5) is 9.46. The average molecular weight is 489 g/mol. The van der Waals surface area contributed by atoms with E-state index in [1.807, 2.05) is 0 Å². The lowest BCUT2D eigenvalue weighted by molar-refractivity contribution is 0.178. The van der Waals surface area contributed by atoms with Crippen LogP contribution in [-0.2, 0) is 0 Å². The summed E-state index contributed by atoms with van der Waals surface area (Å²) >= 11 is 3.55. The van der Waals surface area contributed by atoms with Crippen LogP contribution < -0.4 is 5.32 Å². The molecule has 0 unspecified atom stereocenters. The summed E-state index contributed by atoms with van der Waals surface area (Å²) < 4.78 is 3.23. The molecule has 4 nitrogen and oxygen atoms in total. The molecule has 0 spiro atoms. The molecule has 1 saturated carbocycles. The first-order valence-corrected chi connectivity index (χ1v) is 12.1. The molecule has 0 bridgehead atoms. The third-order valence-electron chi connectivity index (χ3n) is 6.50. The van der Waals surface area contributed by atoms with Gasteiger partial charge >= 0.3 is 0 Å². The number of aromatic nitrogens is 3. The molecule has 1 N–H and O–H groups in total. The molecule has 0 amide bonds. The summed E-state index contributed by atoms with van der Waals surface area (Å²) in [5.74, 6) is 1.63. The second kappa shape index (κ2) is 8.36. The van der Waals surface area contributed by atoms with Crippen LogP contribution in [0.25, 0.3) is 27.8 Å². The van der Waals surface area contributed by atoms with Crippen LogP contribution in [0.3, 0.4) is 0 Å². The molecule has 2 aromatic carbocycles. The van der Waals surface area contributed by atoms with Gasteiger partial charge in [-0.2, -0.15) is 0 Å². The van der Waals surface area contributed by atoms with Crippen molar-refractivity contribution in [2.45, 2.75) is 46.1 Å². The minimum absolute atomic E-state index is 0.340. The Kier molecular flexibility index (Phi) is 5.54. The molecular formula is C27H29BrN4. The Morgan fingerprint density at radius 1 is 1.00 bits per heavy atom. The molecule has 5 heteroatoms. The summed E-state index contributed by atoms with van der Waals surface area (Å²) in [5, 5.41) is 4.90. The predicted molar refractivity (Wildman–Crippen MR) is 136 cm³/mol. The van der Waals surface area contributed by atoms with Gasteiger partial charge in [-0.1, -0.05) is 67.0 Å². The molecule has 1 fully saturated rings. The maximum absolute atomic E-state index is 4.74. The Morgan fingerprint density at radius 3 is 2.47 bits per heavy atom. The van der Waals surface area contributed by atoms with Gasteiger partial charge < -0.3 is 9.88 Å². The van der Waals surface area contributed by atoms with Crippen molar-refractivity contribution in [1.82, 2.24) is 14.5 Å². The van der Waals surface area contributed by atoms with E-state index in [1.165, 1.54) is 18.4 Å². The lowest BCUT2D eigenvalue weighted by atomic mass is 9.70. The van der Waals surface area contributed by atoms with Crippen molar-refractivity contribution in [3.05, 3.63) is 71.6 Å². The Morgan fingerprint density at radius 2 is 1.75 bits per heavy atom. The zero-order chi connectivity index (χ0) is 22.3. The molecule has 1 aliphatic carbocycles. The largest absolute Gasteiger partial charge is 0.367 e. The number of rotatable bonds is 4. The number of fused-ring (bicyclic) bond motifs is 1. The van der Waals surface area contributed by atoms with Crippen LogP contribution in [-0.4, -0.2) is 20.6 Å². The van der Waals surface area contributed by atoms with Crippen molar-refractivity contribution < 1.29 is 0 Å². The van der Waals surface area contributed by atoms with Crippen LogP contribution in [0.1, 0.15) is 40.0 Å². The number of benzene rings is 2. The third kappa shape index (κ3) is 4.18. The summed E-state index contributed by atoms with van der Waals surface area (Å²) in [7, 11) is 0. The standard InChI is InChI=1S/C27H29BrN4/c1-18-13-21(15-27(2,3)14-18)31-25-24-23(19-7-5-4-6-8-19)16-32(26(24)30-17-29-25)22-11-9-20(28)10-12-22/h4-12,16-18,21H,13-15H2,1-3H3,(H,29,30,31)/t18-,21-/m1/s1. The molecule has 164 valence electrons. The van der Waals surface area contributed by atoms with Gasteiger partial charge in [0.2, 0.25) is 0 Å². The van der Waals surface area contributed by atoms with Crippen molar-refractivity contribution >= 4 is 32.8 Å². The maximum Gasteiger partial charge on any atom is 0.150 e. The van der Waals surface area contributed by atoms with E-state index in [9.17, 15) is 0 Å². The van der Waals surface area contributed by atoms with Gasteiger partial charge in [0.1, 0.15) is 12.1 Å². The van der Waals surface area contributed by atoms with Gasteiger partial charge in [0.15, 0.2) is 5.65 Å². The normalized spacial score (nSPS) is 20.4. The van der Waals surface area contributed by atoms with Crippen molar-refractivity contribution in [2.24, 2.45) is 11.3 Å². The van der Waals surface area contributed by atoms with Crippen LogP contribution in [0.15, 0.2) is 71.6 Å². The minimum atomic E-state index is 0.340. The number of halogens is 1. The quantitative estimate of drug-likeness (QED) is 0.323. The first-order chi connectivity index (χ1) is 15.4. The SMILES string of the molecule is C[C@@H]1C[C@@H](Nc2ncnc3c2c(-c2ccccc2)cn3-c2ccc(Br)cc2)CC(C)(C)C1. The van der Waals surface area contributed by atoms with E-state index in [2.05, 4.69) is 107 Å². The molecule has 0 saturated heterocycles. The highest BCUT2D eigenvalue weighted by Crippen LogP contribution is 2.41. The summed E-state index contributed by atoms with van der Waals surface area (Å²) in [6.45, 7) is 7.13. The molecule has 0 radical (unpaired) electrons. The molecule has 1 aliphatic rings. The van der Waals surface area contributed by atoms with Crippen LogP contribution >= 0.6 is 15.9 Å². The highest BCUT2D eigenvalue weighted by molar-refractivity contribution is 9.10. The Balaban J connectivity index is 1.65. The van der Waals surface area contributed by atoms with E-state index < -0.39 is 0 Å². The molecule has 0 aliphatic heterocycles. The fraction of sp³-hybridized carbons (Fsp3) is 0.333. The number of nitrogens with zero attached hydrogens (tertiary/aromatic N) is 3. The van der Waals surface area contributed by atoms with Gasteiger partial charge in [0, 0.05) is 28.0 Å². The fourth-order valence-electron chi connectivity index (χ4n) is 5.46. The highest BCUT2D eigenvalue weighted by atomic mass is 79.9. The van der Waals surface area contributed by atoms with Crippen LogP contribution in [0.5, 0.6) is 0 Å². The molecular weight excluding hydrogens is 460 g/mol. The Bertz CT molecular complexity index is 1230. The topological polar surface area (TPSA) is 42.7 Å². The first kappa shape index (κ1) is 21.2. The van der Waals surface area contributed by atoms with Crippen LogP contribution in [0.2, 0.25) is 0 Å². The van der Waals surface area contributed by atoms with E-state index in [1.54, 1.807) is 6.33 Å². The minimum Gasteiger partial charge on any atom is -0.367 e. The predicted octanol–water partition coefficient (Wildman–Crippen LogP) is 7.48. The van der Waals surface area contributed by atoms with Crippen molar-refractivity contribution in [3.63, 3.8) is 0 Å². The molecule has 5 rings (SSSR count). The molecule has 2 atom stereocenters. The van der Waals surface area contributed by atoms with Gasteiger partial charge in [-0.05, 0) is 60.4 Å². The molecule has 32 heavy (non-hydrogen) atoms. The van der Waals surface area contributed by atoms with Crippen LogP contribution in [0.4, 0.5) is 5.82 Å². The van der Waals surface area contributed by atoms with Gasteiger partial charge in [0.05, 0.1) is 5.39 Å². The summed E-state index contributed by atoms with van der Waals surface area (Å²) in [6.07, 6.45) is 7.47. The fourth-order valence-corrected chi connectivity index (χ4v) is 5.72. The van der Waals surface area contributed by atoms with E-state index >= 15 is 0 Å². The monoisotopic (exact) mass is 488 g/mol. The van der Waals surface area contributed by atoms with E-state index in [0.29, 0.717) is 17.4 Å². The smallest absolute Gasteiger partial charge is 0.150 e.